The van der Waals surface area contributed by atoms with Crippen LogP contribution in [-0.4, -0.2) is 46.2 Å². The number of nitrogens with zero attached hydrogens (tertiary/aromatic N) is 1. The molecule has 1 aromatic rings. The van der Waals surface area contributed by atoms with E-state index in [1.54, 1.807) is 12.0 Å². The summed E-state index contributed by atoms with van der Waals surface area (Å²) in [4.78, 5) is 14.0. The molecule has 1 fully saturated rings. The van der Waals surface area contributed by atoms with E-state index in [1.165, 1.54) is 0 Å². The first-order valence-corrected chi connectivity index (χ1v) is 8.61. The van der Waals surface area contributed by atoms with E-state index >= 15 is 0 Å². The molecule has 1 heterocycles. The van der Waals surface area contributed by atoms with Crippen molar-refractivity contribution in [2.45, 2.75) is 26.1 Å². The summed E-state index contributed by atoms with van der Waals surface area (Å²) in [5.41, 5.74) is 1.01. The average molecular weight is 310 g/mol. The van der Waals surface area contributed by atoms with Gasteiger partial charge in [0.1, 0.15) is 11.9 Å². The monoisotopic (exact) mass is 310 g/mol. The van der Waals surface area contributed by atoms with Gasteiger partial charge in [0.05, 0.1) is 13.2 Å². The highest BCUT2D eigenvalue weighted by atomic mass is 32.2. The van der Waals surface area contributed by atoms with E-state index in [4.69, 9.17) is 4.74 Å². The molecule has 1 amide bonds. The van der Waals surface area contributed by atoms with Crippen LogP contribution in [-0.2, 0) is 15.6 Å². The fourth-order valence-electron chi connectivity index (χ4n) is 2.42. The number of ether oxygens (including phenoxy) is 1. The number of methoxy groups -OCH3 is 1. The molecule has 1 saturated heterocycles. The van der Waals surface area contributed by atoms with Gasteiger partial charge in [-0.1, -0.05) is 19.1 Å². The summed E-state index contributed by atoms with van der Waals surface area (Å²) >= 11 is 0. The third-order valence-corrected chi connectivity index (χ3v) is 4.97. The highest BCUT2D eigenvalue weighted by molar-refractivity contribution is 7.84. The van der Waals surface area contributed by atoms with Crippen molar-refractivity contribution in [3.05, 3.63) is 29.8 Å². The van der Waals surface area contributed by atoms with Gasteiger partial charge in [-0.15, -0.1) is 0 Å². The summed E-state index contributed by atoms with van der Waals surface area (Å²) < 4.78 is 16.8. The SMILES string of the molecule is CCS(=O)CCN1C(=O)C(C)NC1c1ccc(OC)cc1. The minimum Gasteiger partial charge on any atom is -0.497 e. The molecule has 21 heavy (non-hydrogen) atoms. The third kappa shape index (κ3) is 3.63. The summed E-state index contributed by atoms with van der Waals surface area (Å²) in [5.74, 6) is 1.99. The number of amides is 1. The summed E-state index contributed by atoms with van der Waals surface area (Å²) in [6.07, 6.45) is -0.160. The van der Waals surface area contributed by atoms with Gasteiger partial charge in [-0.2, -0.15) is 0 Å². The predicted octanol–water partition coefficient (Wildman–Crippen LogP) is 1.28. The van der Waals surface area contributed by atoms with Gasteiger partial charge in [-0.25, -0.2) is 0 Å². The number of benzene rings is 1. The Labute approximate surface area is 128 Å². The lowest BCUT2D eigenvalue weighted by atomic mass is 10.1. The fourth-order valence-corrected chi connectivity index (χ4v) is 3.11. The van der Waals surface area contributed by atoms with Crippen molar-refractivity contribution in [2.24, 2.45) is 0 Å². The Morgan fingerprint density at radius 2 is 2.00 bits per heavy atom. The highest BCUT2D eigenvalue weighted by Gasteiger charge is 2.36. The van der Waals surface area contributed by atoms with Crippen molar-refractivity contribution in [1.29, 1.82) is 0 Å². The smallest absolute Gasteiger partial charge is 0.241 e. The van der Waals surface area contributed by atoms with Crippen LogP contribution in [0.2, 0.25) is 0 Å². The number of hydrogen-bond donors (Lipinski definition) is 1. The first-order valence-electron chi connectivity index (χ1n) is 7.12. The van der Waals surface area contributed by atoms with Crippen molar-refractivity contribution in [1.82, 2.24) is 10.2 Å². The molecule has 1 N–H and O–H groups in total. The molecule has 3 unspecified atom stereocenters. The van der Waals surface area contributed by atoms with Crippen molar-refractivity contribution >= 4 is 16.7 Å². The van der Waals surface area contributed by atoms with Gasteiger partial charge in [0.15, 0.2) is 0 Å². The normalized spacial score (nSPS) is 23.4. The van der Waals surface area contributed by atoms with Crippen LogP contribution in [0.1, 0.15) is 25.6 Å². The second-order valence-electron chi connectivity index (χ2n) is 5.03. The molecule has 1 aromatic carbocycles. The summed E-state index contributed by atoms with van der Waals surface area (Å²) in [5, 5.41) is 3.29. The number of nitrogens with one attached hydrogen (secondary N) is 1. The lowest BCUT2D eigenvalue weighted by Crippen LogP contribution is -2.34. The van der Waals surface area contributed by atoms with Crippen molar-refractivity contribution < 1.29 is 13.7 Å². The van der Waals surface area contributed by atoms with E-state index < -0.39 is 10.8 Å². The molecule has 116 valence electrons. The maximum atomic E-state index is 12.3. The molecule has 2 rings (SSSR count). The minimum absolute atomic E-state index is 0.0592. The largest absolute Gasteiger partial charge is 0.497 e. The summed E-state index contributed by atoms with van der Waals surface area (Å²) in [6, 6.07) is 7.45. The van der Waals surface area contributed by atoms with Crippen LogP contribution in [0.3, 0.4) is 0 Å². The highest BCUT2D eigenvalue weighted by Crippen LogP contribution is 2.26. The van der Waals surface area contributed by atoms with Crippen molar-refractivity contribution in [2.75, 3.05) is 25.2 Å². The van der Waals surface area contributed by atoms with Gasteiger partial charge >= 0.3 is 0 Å². The standard InChI is InChI=1S/C15H22N2O3S/c1-4-21(19)10-9-17-14(16-11(2)15(17)18)12-5-7-13(20-3)8-6-12/h5-8,11,14,16H,4,9-10H2,1-3H3. The molecule has 0 aromatic heterocycles. The van der Waals surface area contributed by atoms with E-state index in [0.29, 0.717) is 18.1 Å². The van der Waals surface area contributed by atoms with Crippen LogP contribution >= 0.6 is 0 Å². The first-order chi connectivity index (χ1) is 10.1. The van der Waals surface area contributed by atoms with E-state index in [-0.39, 0.29) is 18.1 Å². The van der Waals surface area contributed by atoms with Crippen LogP contribution in [0.15, 0.2) is 24.3 Å². The molecular weight excluding hydrogens is 288 g/mol. The molecule has 0 saturated carbocycles. The predicted molar refractivity (Wildman–Crippen MR) is 83.6 cm³/mol. The molecular formula is C15H22N2O3S. The Morgan fingerprint density at radius 3 is 2.57 bits per heavy atom. The van der Waals surface area contributed by atoms with Crippen molar-refractivity contribution in [3.8, 4) is 5.75 Å². The Kier molecular flexibility index (Phi) is 5.36. The minimum atomic E-state index is -0.867. The zero-order valence-corrected chi connectivity index (χ0v) is 13.5. The number of carbonyl (C=O) groups excluding carboxylic acids is 1. The topological polar surface area (TPSA) is 58.6 Å². The quantitative estimate of drug-likeness (QED) is 0.860. The van der Waals surface area contributed by atoms with Gasteiger partial charge in [-0.05, 0) is 24.6 Å². The second-order valence-corrected chi connectivity index (χ2v) is 6.89. The first kappa shape index (κ1) is 16.0. The van der Waals surface area contributed by atoms with Gasteiger partial charge in [-0.3, -0.25) is 14.3 Å². The third-order valence-electron chi connectivity index (χ3n) is 3.69. The molecule has 5 nitrogen and oxygen atoms in total. The Balaban J connectivity index is 2.14. The maximum Gasteiger partial charge on any atom is 0.241 e. The van der Waals surface area contributed by atoms with Gasteiger partial charge in [0, 0.05) is 28.9 Å². The van der Waals surface area contributed by atoms with Crippen LogP contribution in [0.5, 0.6) is 5.75 Å². The fraction of sp³-hybridized carbons (Fsp3) is 0.533. The Hall–Kier alpha value is -1.40. The van der Waals surface area contributed by atoms with Gasteiger partial charge in [0.25, 0.3) is 0 Å². The van der Waals surface area contributed by atoms with Crippen LogP contribution in [0.25, 0.3) is 0 Å². The van der Waals surface area contributed by atoms with Gasteiger partial charge in [0.2, 0.25) is 5.91 Å². The van der Waals surface area contributed by atoms with E-state index in [0.717, 1.165) is 11.3 Å². The molecule has 0 aliphatic carbocycles. The van der Waals surface area contributed by atoms with E-state index in [2.05, 4.69) is 5.32 Å². The average Bonchev–Trinajstić information content (AvgIpc) is 2.80. The number of hydrogen-bond acceptors (Lipinski definition) is 4. The molecule has 6 heteroatoms. The molecule has 0 radical (unpaired) electrons. The summed E-state index contributed by atoms with van der Waals surface area (Å²) in [7, 11) is 0.759. The van der Waals surface area contributed by atoms with Crippen LogP contribution in [0.4, 0.5) is 0 Å². The van der Waals surface area contributed by atoms with Gasteiger partial charge < -0.3 is 9.64 Å². The Morgan fingerprint density at radius 1 is 1.33 bits per heavy atom. The van der Waals surface area contributed by atoms with E-state index in [9.17, 15) is 9.00 Å². The lowest BCUT2D eigenvalue weighted by Gasteiger charge is -2.24. The zero-order chi connectivity index (χ0) is 15.4. The molecule has 0 bridgehead atoms. The van der Waals surface area contributed by atoms with Crippen molar-refractivity contribution in [3.63, 3.8) is 0 Å². The zero-order valence-electron chi connectivity index (χ0n) is 12.7. The molecule has 0 spiro atoms. The molecule has 1 aliphatic rings. The second kappa shape index (κ2) is 7.04. The lowest BCUT2D eigenvalue weighted by molar-refractivity contribution is -0.129. The molecule has 3 atom stereocenters. The number of carbonyl (C=O) groups is 1. The summed E-state index contributed by atoms with van der Waals surface area (Å²) in [6.45, 7) is 4.26. The van der Waals surface area contributed by atoms with E-state index in [1.807, 2.05) is 38.1 Å². The maximum absolute atomic E-state index is 12.3. The molecule has 1 aliphatic heterocycles. The van der Waals surface area contributed by atoms with Crippen LogP contribution < -0.4 is 10.1 Å². The van der Waals surface area contributed by atoms with Crippen LogP contribution in [0, 0.1) is 0 Å². The number of rotatable bonds is 6. The Bertz CT molecular complexity index is 518.